The van der Waals surface area contributed by atoms with Crippen LogP contribution in [0.15, 0.2) is 0 Å². The van der Waals surface area contributed by atoms with E-state index in [1.807, 2.05) is 0 Å². The normalized spacial score (nSPS) is 29.3. The average molecular weight is 211 g/mol. The van der Waals surface area contributed by atoms with Crippen molar-refractivity contribution in [2.75, 3.05) is 13.1 Å². The van der Waals surface area contributed by atoms with Crippen LogP contribution in [0.25, 0.3) is 0 Å². The number of nitrogens with one attached hydrogen (secondary N) is 2. The van der Waals surface area contributed by atoms with E-state index in [-0.39, 0.29) is 17.5 Å². The van der Waals surface area contributed by atoms with Crippen LogP contribution in [0.4, 0.5) is 0 Å². The molecular weight excluding hydrogens is 190 g/mol. The van der Waals surface area contributed by atoms with Gasteiger partial charge < -0.3 is 16.4 Å². The molecule has 1 heterocycles. The van der Waals surface area contributed by atoms with Crippen LogP contribution >= 0.6 is 0 Å². The lowest BCUT2D eigenvalue weighted by atomic mass is 9.78. The molecule has 1 atom stereocenters. The van der Waals surface area contributed by atoms with Crippen molar-refractivity contribution in [3.05, 3.63) is 0 Å². The molecule has 1 amide bonds. The van der Waals surface area contributed by atoms with E-state index in [0.29, 0.717) is 6.54 Å². The summed E-state index contributed by atoms with van der Waals surface area (Å²) in [5.41, 5.74) is 5.94. The van der Waals surface area contributed by atoms with Gasteiger partial charge in [-0.15, -0.1) is 0 Å². The summed E-state index contributed by atoms with van der Waals surface area (Å²) in [5.74, 6) is 0.131. The van der Waals surface area contributed by atoms with E-state index in [1.165, 1.54) is 12.8 Å². The second-order valence-corrected chi connectivity index (χ2v) is 4.94. The van der Waals surface area contributed by atoms with Crippen molar-refractivity contribution in [1.29, 1.82) is 0 Å². The maximum Gasteiger partial charge on any atom is 0.237 e. The molecule has 0 aromatic carbocycles. The van der Waals surface area contributed by atoms with Gasteiger partial charge in [0, 0.05) is 12.1 Å². The summed E-state index contributed by atoms with van der Waals surface area (Å²) < 4.78 is 0. The molecule has 0 spiro atoms. The third-order valence-electron chi connectivity index (χ3n) is 3.59. The van der Waals surface area contributed by atoms with Gasteiger partial charge in [0.2, 0.25) is 5.91 Å². The summed E-state index contributed by atoms with van der Waals surface area (Å²) in [6.07, 6.45) is 6.59. The molecule has 2 fully saturated rings. The van der Waals surface area contributed by atoms with E-state index >= 15 is 0 Å². The Kier molecular flexibility index (Phi) is 3.26. The molecule has 2 rings (SSSR count). The van der Waals surface area contributed by atoms with E-state index in [4.69, 9.17) is 5.73 Å². The van der Waals surface area contributed by atoms with Crippen LogP contribution in [0.3, 0.4) is 0 Å². The number of carbonyl (C=O) groups excluding carboxylic acids is 1. The van der Waals surface area contributed by atoms with Crippen LogP contribution in [0.2, 0.25) is 0 Å². The molecule has 2 aliphatic rings. The lowest BCUT2D eigenvalue weighted by Gasteiger charge is -2.38. The predicted molar refractivity (Wildman–Crippen MR) is 59.4 cm³/mol. The maximum absolute atomic E-state index is 11.8. The Morgan fingerprint density at radius 2 is 2.20 bits per heavy atom. The molecule has 1 aliphatic heterocycles. The Morgan fingerprint density at radius 1 is 1.40 bits per heavy atom. The monoisotopic (exact) mass is 211 g/mol. The minimum atomic E-state index is -0.107. The predicted octanol–water partition coefficient (Wildman–Crippen LogP) is 0.126. The minimum absolute atomic E-state index is 0.0161. The highest BCUT2D eigenvalue weighted by molar-refractivity contribution is 5.81. The van der Waals surface area contributed by atoms with Crippen molar-refractivity contribution in [2.45, 2.75) is 50.1 Å². The summed E-state index contributed by atoms with van der Waals surface area (Å²) >= 11 is 0. The molecule has 4 heteroatoms. The average Bonchev–Trinajstić information content (AvgIpc) is 2.24. The number of rotatable bonds is 3. The number of carbonyl (C=O) groups is 1. The minimum Gasteiger partial charge on any atom is -0.353 e. The summed E-state index contributed by atoms with van der Waals surface area (Å²) in [6.45, 7) is 1.61. The van der Waals surface area contributed by atoms with Crippen molar-refractivity contribution in [3.8, 4) is 0 Å². The molecule has 1 aliphatic carbocycles. The quantitative estimate of drug-likeness (QED) is 0.621. The molecular formula is C11H21N3O. The first-order valence-electron chi connectivity index (χ1n) is 6.00. The zero-order chi connectivity index (χ0) is 10.7. The van der Waals surface area contributed by atoms with E-state index in [1.54, 1.807) is 0 Å². The Hall–Kier alpha value is -0.610. The van der Waals surface area contributed by atoms with E-state index in [0.717, 1.165) is 32.2 Å². The van der Waals surface area contributed by atoms with E-state index in [9.17, 15) is 4.79 Å². The van der Waals surface area contributed by atoms with Gasteiger partial charge in [-0.25, -0.2) is 0 Å². The largest absolute Gasteiger partial charge is 0.353 e. The highest BCUT2D eigenvalue weighted by Crippen LogP contribution is 2.28. The molecule has 0 bridgehead atoms. The van der Waals surface area contributed by atoms with Crippen LogP contribution in [-0.4, -0.2) is 30.6 Å². The smallest absolute Gasteiger partial charge is 0.237 e. The molecule has 15 heavy (non-hydrogen) atoms. The Morgan fingerprint density at radius 3 is 2.73 bits per heavy atom. The molecule has 0 aromatic heterocycles. The number of nitrogens with two attached hydrogens (primary N) is 1. The fourth-order valence-electron chi connectivity index (χ4n) is 2.27. The summed E-state index contributed by atoms with van der Waals surface area (Å²) in [5, 5.41) is 6.21. The van der Waals surface area contributed by atoms with Crippen molar-refractivity contribution in [3.63, 3.8) is 0 Å². The fourth-order valence-corrected chi connectivity index (χ4v) is 2.27. The van der Waals surface area contributed by atoms with Crippen LogP contribution in [0.1, 0.15) is 38.5 Å². The number of hydrogen-bond acceptors (Lipinski definition) is 3. The second kappa shape index (κ2) is 4.49. The Labute approximate surface area is 91.0 Å². The van der Waals surface area contributed by atoms with Gasteiger partial charge in [-0.3, -0.25) is 4.79 Å². The summed E-state index contributed by atoms with van der Waals surface area (Å²) in [6, 6.07) is 0.0161. The fraction of sp³-hybridized carbons (Fsp3) is 0.909. The topological polar surface area (TPSA) is 67.1 Å². The molecule has 0 radical (unpaired) electrons. The van der Waals surface area contributed by atoms with Crippen molar-refractivity contribution in [1.82, 2.24) is 10.6 Å². The van der Waals surface area contributed by atoms with Gasteiger partial charge >= 0.3 is 0 Å². The summed E-state index contributed by atoms with van der Waals surface area (Å²) in [4.78, 5) is 11.8. The van der Waals surface area contributed by atoms with Crippen LogP contribution in [-0.2, 0) is 4.79 Å². The Balaban J connectivity index is 1.71. The van der Waals surface area contributed by atoms with Crippen LogP contribution in [0, 0.1) is 0 Å². The zero-order valence-corrected chi connectivity index (χ0v) is 9.22. The molecule has 4 nitrogen and oxygen atoms in total. The second-order valence-electron chi connectivity index (χ2n) is 4.94. The van der Waals surface area contributed by atoms with Crippen molar-refractivity contribution in [2.24, 2.45) is 5.73 Å². The Bertz CT molecular complexity index is 232. The molecule has 0 aromatic rings. The van der Waals surface area contributed by atoms with Gasteiger partial charge in [0.1, 0.15) is 0 Å². The number of amides is 1. The highest BCUT2D eigenvalue weighted by Gasteiger charge is 2.33. The number of piperidine rings is 1. The van der Waals surface area contributed by atoms with Crippen molar-refractivity contribution < 1.29 is 4.79 Å². The van der Waals surface area contributed by atoms with Gasteiger partial charge in [-0.1, -0.05) is 6.42 Å². The first-order valence-corrected chi connectivity index (χ1v) is 6.00. The molecule has 1 saturated heterocycles. The first-order chi connectivity index (χ1) is 7.20. The van der Waals surface area contributed by atoms with Gasteiger partial charge in [-0.2, -0.15) is 0 Å². The third kappa shape index (κ3) is 2.69. The standard InChI is InChI=1S/C11H21N3O/c12-11(5-3-6-11)8-14-10(15)9-4-1-2-7-13-9/h9,13H,1-8,12H2,(H,14,15)/t9-/m0/s1. The molecule has 0 unspecified atom stereocenters. The van der Waals surface area contributed by atoms with Gasteiger partial charge in [0.15, 0.2) is 0 Å². The first kappa shape index (κ1) is 10.9. The van der Waals surface area contributed by atoms with Crippen LogP contribution < -0.4 is 16.4 Å². The van der Waals surface area contributed by atoms with Gasteiger partial charge in [0.25, 0.3) is 0 Å². The lowest BCUT2D eigenvalue weighted by Crippen LogP contribution is -2.57. The lowest BCUT2D eigenvalue weighted by molar-refractivity contribution is -0.124. The molecule has 1 saturated carbocycles. The number of hydrogen-bond donors (Lipinski definition) is 3. The maximum atomic E-state index is 11.8. The van der Waals surface area contributed by atoms with Crippen LogP contribution in [0.5, 0.6) is 0 Å². The van der Waals surface area contributed by atoms with Gasteiger partial charge in [0.05, 0.1) is 6.04 Å². The van der Waals surface area contributed by atoms with E-state index in [2.05, 4.69) is 10.6 Å². The summed E-state index contributed by atoms with van der Waals surface area (Å²) in [7, 11) is 0. The SMILES string of the molecule is NC1(CNC(=O)[C@@H]2CCCCN2)CCC1. The van der Waals surface area contributed by atoms with E-state index < -0.39 is 0 Å². The molecule has 4 N–H and O–H groups in total. The highest BCUT2D eigenvalue weighted by atomic mass is 16.2. The van der Waals surface area contributed by atoms with Gasteiger partial charge in [-0.05, 0) is 38.6 Å². The molecule has 86 valence electrons. The third-order valence-corrected chi connectivity index (χ3v) is 3.59. The van der Waals surface area contributed by atoms with Crippen molar-refractivity contribution >= 4 is 5.91 Å². The zero-order valence-electron chi connectivity index (χ0n) is 9.22.